The third kappa shape index (κ3) is 4.10. The van der Waals surface area contributed by atoms with Crippen molar-refractivity contribution < 1.29 is 39.1 Å². The molecule has 5 atom stereocenters. The van der Waals surface area contributed by atoms with E-state index in [9.17, 15) is 15.0 Å². The van der Waals surface area contributed by atoms with Gasteiger partial charge in [0.15, 0.2) is 6.29 Å². The van der Waals surface area contributed by atoms with Gasteiger partial charge in [-0.15, -0.1) is 0 Å². The fourth-order valence-corrected chi connectivity index (χ4v) is 2.48. The zero-order chi connectivity index (χ0) is 17.0. The van der Waals surface area contributed by atoms with Crippen molar-refractivity contribution in [3.63, 3.8) is 0 Å². The van der Waals surface area contributed by atoms with Gasteiger partial charge in [0.25, 0.3) is 0 Å². The van der Waals surface area contributed by atoms with Crippen LogP contribution in [-0.2, 0) is 23.7 Å². The minimum atomic E-state index is -1.17. The molecule has 2 aliphatic heterocycles. The quantitative estimate of drug-likeness (QED) is 0.470. The lowest BCUT2D eigenvalue weighted by atomic mass is 10.0. The average Bonchev–Trinajstić information content (AvgIpc) is 2.57. The topological polar surface area (TPSA) is 115 Å². The first-order valence-electron chi connectivity index (χ1n) is 7.36. The van der Waals surface area contributed by atoms with E-state index < -0.39 is 43.5 Å². The van der Waals surface area contributed by atoms with Gasteiger partial charge in [0, 0.05) is 12.8 Å². The molecule has 8 heteroatoms. The first-order valence-corrected chi connectivity index (χ1v) is 7.36. The summed E-state index contributed by atoms with van der Waals surface area (Å²) in [7, 11) is 1.29. The van der Waals surface area contributed by atoms with Gasteiger partial charge in [-0.2, -0.15) is 0 Å². The first kappa shape index (κ1) is 17.9. The van der Waals surface area contributed by atoms with Crippen molar-refractivity contribution in [3.8, 4) is 0 Å². The molecule has 2 aliphatic rings. The lowest BCUT2D eigenvalue weighted by Gasteiger charge is -2.38. The molecule has 1 saturated heterocycles. The van der Waals surface area contributed by atoms with Crippen molar-refractivity contribution in [1.29, 1.82) is 0 Å². The summed E-state index contributed by atoms with van der Waals surface area (Å²) in [5.74, 6) is -0.476. The van der Waals surface area contributed by atoms with Gasteiger partial charge in [-0.25, -0.2) is 4.79 Å². The molecular weight excluding hydrogens is 308 g/mol. The van der Waals surface area contributed by atoms with Crippen LogP contribution in [0.4, 0.5) is 0 Å². The number of carbonyl (C=O) groups excluding carboxylic acids is 1. The first-order chi connectivity index (χ1) is 11.0. The molecule has 130 valence electrons. The summed E-state index contributed by atoms with van der Waals surface area (Å²) < 4.78 is 21.1. The summed E-state index contributed by atoms with van der Waals surface area (Å²) >= 11 is 0. The Kier molecular flexibility index (Phi) is 6.14. The number of ether oxygens (including phenoxy) is 4. The highest BCUT2D eigenvalue weighted by Gasteiger charge is 2.39. The Hall–Kier alpha value is -1.45. The second-order valence-corrected chi connectivity index (χ2v) is 5.36. The predicted molar refractivity (Wildman–Crippen MR) is 76.8 cm³/mol. The molecule has 0 bridgehead atoms. The molecule has 2 rings (SSSR count). The Morgan fingerprint density at radius 1 is 1.48 bits per heavy atom. The van der Waals surface area contributed by atoms with Crippen molar-refractivity contribution in [2.75, 3.05) is 13.7 Å². The summed E-state index contributed by atoms with van der Waals surface area (Å²) in [6.45, 7) is 1.35. The van der Waals surface area contributed by atoms with Gasteiger partial charge >= 0.3 is 5.97 Å². The molecular formula is C15H22O8. The molecule has 23 heavy (non-hydrogen) atoms. The normalized spacial score (nSPS) is 36.3. The summed E-state index contributed by atoms with van der Waals surface area (Å²) in [5, 5.41) is 28.7. The summed E-state index contributed by atoms with van der Waals surface area (Å²) in [5.41, 5.74) is 1.08. The van der Waals surface area contributed by atoms with E-state index in [0.717, 1.165) is 0 Å². The monoisotopic (exact) mass is 330 g/mol. The molecule has 0 aromatic heterocycles. The van der Waals surface area contributed by atoms with Crippen molar-refractivity contribution in [1.82, 2.24) is 0 Å². The van der Waals surface area contributed by atoms with E-state index >= 15 is 0 Å². The standard InChI is InChI=1S/C15H22O8/c1-3-8-4-9(14(19)20-2)7-21-15(8)23-12-5-10(17)13(18)11(6-16)22-12/h3,7,10-13,15-18H,4-6H2,1-2H3/b8-3+/t10-,11-,12?,13+,15+/m1/s1. The predicted octanol–water partition coefficient (Wildman–Crippen LogP) is -0.418. The Morgan fingerprint density at radius 3 is 2.83 bits per heavy atom. The van der Waals surface area contributed by atoms with Gasteiger partial charge in [0.05, 0.1) is 31.7 Å². The van der Waals surface area contributed by atoms with E-state index in [1.807, 2.05) is 0 Å². The number of methoxy groups -OCH3 is 1. The zero-order valence-electron chi connectivity index (χ0n) is 13.0. The number of rotatable bonds is 4. The molecule has 8 nitrogen and oxygen atoms in total. The van der Waals surface area contributed by atoms with Crippen LogP contribution in [-0.4, -0.2) is 65.9 Å². The van der Waals surface area contributed by atoms with Crippen LogP contribution < -0.4 is 0 Å². The van der Waals surface area contributed by atoms with Crippen LogP contribution in [0, 0.1) is 0 Å². The van der Waals surface area contributed by atoms with Gasteiger partial charge < -0.3 is 34.3 Å². The second-order valence-electron chi connectivity index (χ2n) is 5.36. The smallest absolute Gasteiger partial charge is 0.337 e. The Morgan fingerprint density at radius 2 is 2.22 bits per heavy atom. The van der Waals surface area contributed by atoms with Crippen LogP contribution in [0.5, 0.6) is 0 Å². The molecule has 1 fully saturated rings. The molecule has 0 spiro atoms. The van der Waals surface area contributed by atoms with Crippen LogP contribution in [0.3, 0.4) is 0 Å². The van der Waals surface area contributed by atoms with Crippen molar-refractivity contribution in [2.24, 2.45) is 0 Å². The highest BCUT2D eigenvalue weighted by molar-refractivity contribution is 5.88. The van der Waals surface area contributed by atoms with Crippen LogP contribution in [0.25, 0.3) is 0 Å². The molecule has 0 aliphatic carbocycles. The lowest BCUT2D eigenvalue weighted by Crippen LogP contribution is -2.51. The molecule has 0 saturated carbocycles. The van der Waals surface area contributed by atoms with Gasteiger partial charge in [-0.1, -0.05) is 6.08 Å². The maximum absolute atomic E-state index is 11.5. The lowest BCUT2D eigenvalue weighted by molar-refractivity contribution is -0.290. The van der Waals surface area contributed by atoms with Gasteiger partial charge in [0.1, 0.15) is 12.2 Å². The molecule has 0 aromatic rings. The molecule has 0 amide bonds. The van der Waals surface area contributed by atoms with Crippen LogP contribution in [0.1, 0.15) is 19.8 Å². The van der Waals surface area contributed by atoms with Crippen molar-refractivity contribution in [3.05, 3.63) is 23.5 Å². The third-order valence-electron chi connectivity index (χ3n) is 3.84. The number of allylic oxidation sites excluding steroid dienone is 1. The third-order valence-corrected chi connectivity index (χ3v) is 3.84. The summed E-state index contributed by atoms with van der Waals surface area (Å²) in [4.78, 5) is 11.5. The maximum Gasteiger partial charge on any atom is 0.337 e. The van der Waals surface area contributed by atoms with Gasteiger partial charge in [0.2, 0.25) is 6.29 Å². The summed E-state index contributed by atoms with van der Waals surface area (Å²) in [6, 6.07) is 0. The van der Waals surface area contributed by atoms with Crippen LogP contribution in [0.2, 0.25) is 0 Å². The Bertz CT molecular complexity index is 486. The number of carbonyl (C=O) groups is 1. The van der Waals surface area contributed by atoms with E-state index in [1.165, 1.54) is 13.4 Å². The average molecular weight is 330 g/mol. The van der Waals surface area contributed by atoms with Crippen molar-refractivity contribution in [2.45, 2.75) is 50.7 Å². The van der Waals surface area contributed by atoms with E-state index in [2.05, 4.69) is 4.74 Å². The second kappa shape index (κ2) is 7.89. The molecule has 2 heterocycles. The van der Waals surface area contributed by atoms with Gasteiger partial charge in [-0.3, -0.25) is 0 Å². The minimum absolute atomic E-state index is 0.0437. The number of aliphatic hydroxyl groups excluding tert-OH is 3. The Labute approximate surface area is 133 Å². The van der Waals surface area contributed by atoms with E-state index in [-0.39, 0.29) is 6.42 Å². The maximum atomic E-state index is 11.5. The highest BCUT2D eigenvalue weighted by atomic mass is 16.8. The minimum Gasteiger partial charge on any atom is -0.468 e. The number of esters is 1. The van der Waals surface area contributed by atoms with Crippen LogP contribution >= 0.6 is 0 Å². The fraction of sp³-hybridized carbons (Fsp3) is 0.667. The summed E-state index contributed by atoms with van der Waals surface area (Å²) in [6.07, 6.45) is -1.39. The van der Waals surface area contributed by atoms with E-state index in [0.29, 0.717) is 17.6 Å². The number of hydrogen-bond acceptors (Lipinski definition) is 8. The Balaban J connectivity index is 2.02. The van der Waals surface area contributed by atoms with Gasteiger partial charge in [-0.05, 0) is 12.5 Å². The molecule has 1 unspecified atom stereocenters. The van der Waals surface area contributed by atoms with Crippen molar-refractivity contribution >= 4 is 5.97 Å². The largest absolute Gasteiger partial charge is 0.468 e. The van der Waals surface area contributed by atoms with Crippen LogP contribution in [0.15, 0.2) is 23.5 Å². The fourth-order valence-electron chi connectivity index (χ4n) is 2.48. The highest BCUT2D eigenvalue weighted by Crippen LogP contribution is 2.29. The number of hydrogen-bond donors (Lipinski definition) is 3. The molecule has 3 N–H and O–H groups in total. The van der Waals surface area contributed by atoms with E-state index in [1.54, 1.807) is 13.0 Å². The SMILES string of the molecule is C/C=C1\CC(C(=O)OC)=CO[C@H]1OC1C[C@@H](O)[C@H](O)[C@@H](CO)O1. The molecule has 0 radical (unpaired) electrons. The zero-order valence-corrected chi connectivity index (χ0v) is 13.0. The molecule has 0 aromatic carbocycles. The number of aliphatic hydroxyl groups is 3. The van der Waals surface area contributed by atoms with E-state index in [4.69, 9.17) is 19.3 Å².